The Morgan fingerprint density at radius 2 is 1.88 bits per heavy atom. The summed E-state index contributed by atoms with van der Waals surface area (Å²) < 4.78 is 0. The van der Waals surface area contributed by atoms with Gasteiger partial charge in [-0.05, 0) is 12.8 Å². The minimum Gasteiger partial charge on any atom is -0.121 e. The quantitative estimate of drug-likeness (QED) is 0.548. The van der Waals surface area contributed by atoms with Gasteiger partial charge in [0.25, 0.3) is 0 Å². The average molecular weight is 154 g/mol. The van der Waals surface area contributed by atoms with Crippen LogP contribution in [0.2, 0.25) is 0 Å². The molecule has 0 saturated carbocycles. The lowest BCUT2D eigenvalue weighted by Gasteiger charge is -2.09. The third-order valence-electron chi connectivity index (χ3n) is 1.06. The summed E-state index contributed by atoms with van der Waals surface area (Å²) in [7, 11) is 0. The Labute approximate surface area is 61.2 Å². The SMILES string of the molecule is [CH2]CC(Cl)C(Cl)CC. The van der Waals surface area contributed by atoms with Crippen molar-refractivity contribution in [1.29, 1.82) is 0 Å². The molecule has 0 aromatic carbocycles. The summed E-state index contributed by atoms with van der Waals surface area (Å²) in [4.78, 5) is 0. The lowest BCUT2D eigenvalue weighted by Crippen LogP contribution is -2.11. The van der Waals surface area contributed by atoms with Crippen molar-refractivity contribution in [2.45, 2.75) is 30.5 Å². The fraction of sp³-hybridized carbons (Fsp3) is 0.833. The molecule has 0 amide bonds. The van der Waals surface area contributed by atoms with Gasteiger partial charge in [0.1, 0.15) is 0 Å². The minimum absolute atomic E-state index is 0.0432. The third-order valence-corrected chi connectivity index (χ3v) is 2.32. The van der Waals surface area contributed by atoms with Gasteiger partial charge < -0.3 is 0 Å². The molecule has 0 fully saturated rings. The van der Waals surface area contributed by atoms with E-state index < -0.39 is 0 Å². The van der Waals surface area contributed by atoms with Gasteiger partial charge in [0.15, 0.2) is 0 Å². The topological polar surface area (TPSA) is 0 Å². The number of alkyl halides is 2. The van der Waals surface area contributed by atoms with Crippen LogP contribution < -0.4 is 0 Å². The zero-order chi connectivity index (χ0) is 6.57. The Morgan fingerprint density at radius 3 is 2.00 bits per heavy atom. The summed E-state index contributed by atoms with van der Waals surface area (Å²) in [5.41, 5.74) is 0. The molecular weight excluding hydrogens is 143 g/mol. The zero-order valence-electron chi connectivity index (χ0n) is 5.03. The van der Waals surface area contributed by atoms with Crippen LogP contribution in [0.1, 0.15) is 19.8 Å². The minimum atomic E-state index is 0.0432. The summed E-state index contributed by atoms with van der Waals surface area (Å²) in [6.45, 7) is 5.65. The average Bonchev–Trinajstić information content (AvgIpc) is 1.84. The van der Waals surface area contributed by atoms with Gasteiger partial charge in [0, 0.05) is 10.8 Å². The van der Waals surface area contributed by atoms with Crippen molar-refractivity contribution in [3.05, 3.63) is 6.92 Å². The van der Waals surface area contributed by atoms with Crippen LogP contribution in [-0.4, -0.2) is 10.8 Å². The molecule has 0 saturated heterocycles. The second-order valence-corrected chi connectivity index (χ2v) is 2.85. The summed E-state index contributed by atoms with van der Waals surface area (Å²) >= 11 is 11.5. The van der Waals surface area contributed by atoms with Crippen molar-refractivity contribution in [2.24, 2.45) is 0 Å². The molecule has 49 valence electrons. The summed E-state index contributed by atoms with van der Waals surface area (Å²) in [5.74, 6) is 0. The van der Waals surface area contributed by atoms with E-state index in [-0.39, 0.29) is 10.8 Å². The van der Waals surface area contributed by atoms with E-state index in [4.69, 9.17) is 23.2 Å². The lowest BCUT2D eigenvalue weighted by atomic mass is 10.2. The molecule has 0 aromatic rings. The van der Waals surface area contributed by atoms with E-state index in [1.165, 1.54) is 0 Å². The van der Waals surface area contributed by atoms with Gasteiger partial charge in [-0.3, -0.25) is 0 Å². The molecular formula is C6H11Cl2. The van der Waals surface area contributed by atoms with E-state index in [0.717, 1.165) is 6.42 Å². The first-order chi connectivity index (χ1) is 3.72. The largest absolute Gasteiger partial charge is 0.121 e. The second kappa shape index (κ2) is 4.46. The first kappa shape index (κ1) is 8.58. The summed E-state index contributed by atoms with van der Waals surface area (Å²) in [6, 6.07) is 0. The Hall–Kier alpha value is 0.580. The van der Waals surface area contributed by atoms with Crippen LogP contribution in [-0.2, 0) is 0 Å². The van der Waals surface area contributed by atoms with Gasteiger partial charge in [-0.1, -0.05) is 13.8 Å². The first-order valence-corrected chi connectivity index (χ1v) is 3.67. The molecule has 8 heavy (non-hydrogen) atoms. The van der Waals surface area contributed by atoms with Crippen LogP contribution in [0.5, 0.6) is 0 Å². The molecule has 0 aliphatic carbocycles. The van der Waals surface area contributed by atoms with Gasteiger partial charge in [0.2, 0.25) is 0 Å². The van der Waals surface area contributed by atoms with Crippen LogP contribution in [0.4, 0.5) is 0 Å². The van der Waals surface area contributed by atoms with E-state index in [1.807, 2.05) is 6.92 Å². The van der Waals surface area contributed by atoms with Crippen LogP contribution in [0.3, 0.4) is 0 Å². The third kappa shape index (κ3) is 2.78. The molecule has 0 spiro atoms. The predicted octanol–water partition coefficient (Wildman–Crippen LogP) is 2.84. The maximum absolute atomic E-state index is 5.74. The molecule has 2 atom stereocenters. The van der Waals surface area contributed by atoms with E-state index in [9.17, 15) is 0 Å². The molecule has 2 heteroatoms. The number of hydrogen-bond acceptors (Lipinski definition) is 0. The van der Waals surface area contributed by atoms with E-state index >= 15 is 0 Å². The molecule has 2 unspecified atom stereocenters. The van der Waals surface area contributed by atoms with Gasteiger partial charge in [-0.2, -0.15) is 0 Å². The number of halogens is 2. The summed E-state index contributed by atoms with van der Waals surface area (Å²) in [5, 5.41) is 0.135. The Morgan fingerprint density at radius 1 is 1.38 bits per heavy atom. The highest BCUT2D eigenvalue weighted by Gasteiger charge is 2.10. The molecule has 0 N–H and O–H groups in total. The van der Waals surface area contributed by atoms with Crippen LogP contribution in [0, 0.1) is 6.92 Å². The molecule has 0 aromatic heterocycles. The number of hydrogen-bond donors (Lipinski definition) is 0. The summed E-state index contributed by atoms with van der Waals surface area (Å²) in [6.07, 6.45) is 1.63. The molecule has 0 aliphatic rings. The molecule has 0 heterocycles. The van der Waals surface area contributed by atoms with Crippen molar-refractivity contribution in [1.82, 2.24) is 0 Å². The highest BCUT2D eigenvalue weighted by Crippen LogP contribution is 2.15. The highest BCUT2D eigenvalue weighted by atomic mass is 35.5. The smallest absolute Gasteiger partial charge is 0.0499 e. The number of rotatable bonds is 3. The Balaban J connectivity index is 3.29. The lowest BCUT2D eigenvalue weighted by molar-refractivity contribution is 0.746. The van der Waals surface area contributed by atoms with Crippen molar-refractivity contribution in [2.75, 3.05) is 0 Å². The molecule has 0 nitrogen and oxygen atoms in total. The van der Waals surface area contributed by atoms with Gasteiger partial charge in [-0.25, -0.2) is 0 Å². The first-order valence-electron chi connectivity index (χ1n) is 2.79. The monoisotopic (exact) mass is 153 g/mol. The predicted molar refractivity (Wildman–Crippen MR) is 39.5 cm³/mol. The maximum atomic E-state index is 5.74. The fourth-order valence-corrected chi connectivity index (χ4v) is 0.741. The van der Waals surface area contributed by atoms with Crippen LogP contribution >= 0.6 is 23.2 Å². The molecule has 1 radical (unpaired) electrons. The van der Waals surface area contributed by atoms with Crippen molar-refractivity contribution in [3.8, 4) is 0 Å². The fourth-order valence-electron chi connectivity index (χ4n) is 0.437. The molecule has 0 aliphatic heterocycles. The van der Waals surface area contributed by atoms with Crippen molar-refractivity contribution in [3.63, 3.8) is 0 Å². The van der Waals surface area contributed by atoms with Crippen molar-refractivity contribution < 1.29 is 0 Å². The Bertz CT molecular complexity index is 46.5. The van der Waals surface area contributed by atoms with Crippen LogP contribution in [0.15, 0.2) is 0 Å². The normalized spacial score (nSPS) is 18.0. The molecule has 0 bridgehead atoms. The standard InChI is InChI=1S/C6H11Cl2/c1-3-5(7)6(8)4-2/h5-6H,1,3-4H2,2H3. The van der Waals surface area contributed by atoms with Crippen molar-refractivity contribution >= 4 is 23.2 Å². The van der Waals surface area contributed by atoms with Gasteiger partial charge in [0.05, 0.1) is 0 Å². The van der Waals surface area contributed by atoms with E-state index in [0.29, 0.717) is 6.42 Å². The Kier molecular flexibility index (Phi) is 4.78. The van der Waals surface area contributed by atoms with Gasteiger partial charge >= 0.3 is 0 Å². The van der Waals surface area contributed by atoms with E-state index in [2.05, 4.69) is 6.92 Å². The zero-order valence-corrected chi connectivity index (χ0v) is 6.54. The molecule has 0 rings (SSSR count). The van der Waals surface area contributed by atoms with E-state index in [1.54, 1.807) is 0 Å². The second-order valence-electron chi connectivity index (χ2n) is 1.73. The van der Waals surface area contributed by atoms with Gasteiger partial charge in [-0.15, -0.1) is 23.2 Å². The highest BCUT2D eigenvalue weighted by molar-refractivity contribution is 6.29. The van der Waals surface area contributed by atoms with Crippen LogP contribution in [0.25, 0.3) is 0 Å². The maximum Gasteiger partial charge on any atom is 0.0499 e.